The third-order valence-electron chi connectivity index (χ3n) is 4.70. The number of carbonyl (C=O) groups is 1. The first kappa shape index (κ1) is 15.6. The van der Waals surface area contributed by atoms with E-state index in [1.807, 2.05) is 25.7 Å². The van der Waals surface area contributed by atoms with Crippen molar-refractivity contribution in [1.82, 2.24) is 10.2 Å². The van der Waals surface area contributed by atoms with E-state index in [-0.39, 0.29) is 6.09 Å². The molecule has 2 fully saturated rings. The minimum absolute atomic E-state index is 0.174. The molecule has 1 heterocycles. The number of rotatable bonds is 4. The summed E-state index contributed by atoms with van der Waals surface area (Å²) in [5.74, 6) is 0.748. The summed E-state index contributed by atoms with van der Waals surface area (Å²) in [7, 11) is 0. The van der Waals surface area contributed by atoms with Crippen LogP contribution in [-0.4, -0.2) is 42.3 Å². The van der Waals surface area contributed by atoms with Crippen molar-refractivity contribution in [3.63, 3.8) is 0 Å². The fourth-order valence-electron chi connectivity index (χ4n) is 2.89. The lowest BCUT2D eigenvalue weighted by atomic mass is 9.92. The Labute approximate surface area is 123 Å². The van der Waals surface area contributed by atoms with Gasteiger partial charge in [0.2, 0.25) is 0 Å². The average Bonchev–Trinajstić information content (AvgIpc) is 2.96. The first-order valence-corrected chi connectivity index (χ1v) is 7.93. The molecule has 1 atom stereocenters. The Hall–Kier alpha value is -0.770. The van der Waals surface area contributed by atoms with E-state index in [4.69, 9.17) is 4.74 Å². The molecule has 1 saturated carbocycles. The van der Waals surface area contributed by atoms with Crippen molar-refractivity contribution in [2.45, 2.75) is 65.5 Å². The van der Waals surface area contributed by atoms with E-state index in [1.165, 1.54) is 12.8 Å². The fraction of sp³-hybridized carbons (Fsp3) is 0.938. The summed E-state index contributed by atoms with van der Waals surface area (Å²) in [6.07, 6.45) is 3.56. The number of nitrogens with one attached hydrogen (secondary N) is 1. The molecular formula is C16H30N2O2. The van der Waals surface area contributed by atoms with Gasteiger partial charge in [-0.15, -0.1) is 0 Å². The number of nitrogens with zero attached hydrogens (tertiary/aromatic N) is 1. The van der Waals surface area contributed by atoms with Crippen molar-refractivity contribution in [3.05, 3.63) is 0 Å². The summed E-state index contributed by atoms with van der Waals surface area (Å²) in [4.78, 5) is 13.8. The predicted octanol–water partition coefficient (Wildman–Crippen LogP) is 3.02. The summed E-state index contributed by atoms with van der Waals surface area (Å²) >= 11 is 0. The minimum atomic E-state index is -0.404. The smallest absolute Gasteiger partial charge is 0.410 e. The molecule has 0 bridgehead atoms. The zero-order valence-electron chi connectivity index (χ0n) is 13.7. The molecule has 1 aliphatic carbocycles. The van der Waals surface area contributed by atoms with Crippen LogP contribution >= 0.6 is 0 Å². The first-order chi connectivity index (χ1) is 9.22. The second-order valence-electron chi connectivity index (χ2n) is 7.81. The molecule has 1 aliphatic heterocycles. The van der Waals surface area contributed by atoms with Crippen molar-refractivity contribution in [2.75, 3.05) is 19.6 Å². The summed E-state index contributed by atoms with van der Waals surface area (Å²) in [5.41, 5.74) is 0.123. The van der Waals surface area contributed by atoms with Crippen LogP contribution in [0.4, 0.5) is 4.79 Å². The van der Waals surface area contributed by atoms with Crippen LogP contribution in [0.2, 0.25) is 0 Å². The molecular weight excluding hydrogens is 252 g/mol. The number of amides is 1. The van der Waals surface area contributed by atoms with Gasteiger partial charge in [0.15, 0.2) is 0 Å². The summed E-state index contributed by atoms with van der Waals surface area (Å²) in [6.45, 7) is 13.1. The van der Waals surface area contributed by atoms with Gasteiger partial charge in [-0.2, -0.15) is 0 Å². The number of ether oxygens (including phenoxy) is 1. The van der Waals surface area contributed by atoms with Crippen LogP contribution < -0.4 is 5.32 Å². The molecule has 0 aromatic carbocycles. The molecule has 1 unspecified atom stereocenters. The number of hydrogen-bond donors (Lipinski definition) is 1. The van der Waals surface area contributed by atoms with E-state index in [1.54, 1.807) is 0 Å². The van der Waals surface area contributed by atoms with E-state index < -0.39 is 5.60 Å². The zero-order chi connectivity index (χ0) is 15.0. The highest BCUT2D eigenvalue weighted by atomic mass is 16.6. The summed E-state index contributed by atoms with van der Waals surface area (Å²) in [5, 5.41) is 3.66. The van der Waals surface area contributed by atoms with Crippen LogP contribution in [0.25, 0.3) is 0 Å². The predicted molar refractivity (Wildman–Crippen MR) is 80.7 cm³/mol. The molecule has 116 valence electrons. The Morgan fingerprint density at radius 2 is 2.05 bits per heavy atom. The molecule has 1 saturated heterocycles. The summed E-state index contributed by atoms with van der Waals surface area (Å²) < 4.78 is 5.43. The van der Waals surface area contributed by atoms with Crippen LogP contribution in [0, 0.1) is 11.3 Å². The summed E-state index contributed by atoms with van der Waals surface area (Å²) in [6, 6.07) is 0.429. The minimum Gasteiger partial charge on any atom is -0.444 e. The van der Waals surface area contributed by atoms with Gasteiger partial charge >= 0.3 is 6.09 Å². The van der Waals surface area contributed by atoms with E-state index >= 15 is 0 Å². The Kier molecular flexibility index (Phi) is 4.33. The van der Waals surface area contributed by atoms with Gasteiger partial charge in [0.25, 0.3) is 0 Å². The molecule has 0 aromatic rings. The SMILES string of the molecule is CC(C)C1(CNC2CCN(C(=O)OC(C)(C)C)C2)CC1. The normalized spacial score (nSPS) is 25.1. The number of hydrogen-bond acceptors (Lipinski definition) is 3. The van der Waals surface area contributed by atoms with Crippen LogP contribution in [0.1, 0.15) is 53.9 Å². The van der Waals surface area contributed by atoms with Crippen LogP contribution in [0.5, 0.6) is 0 Å². The Bertz CT molecular complexity index is 356. The van der Waals surface area contributed by atoms with Crippen LogP contribution in [0.3, 0.4) is 0 Å². The van der Waals surface area contributed by atoms with Gasteiger partial charge in [-0.25, -0.2) is 4.79 Å². The molecule has 4 nitrogen and oxygen atoms in total. The Balaban J connectivity index is 1.74. The lowest BCUT2D eigenvalue weighted by Crippen LogP contribution is -2.40. The molecule has 20 heavy (non-hydrogen) atoms. The number of carbonyl (C=O) groups excluding carboxylic acids is 1. The van der Waals surface area contributed by atoms with E-state index in [0.29, 0.717) is 11.5 Å². The van der Waals surface area contributed by atoms with E-state index in [0.717, 1.165) is 32.0 Å². The zero-order valence-corrected chi connectivity index (χ0v) is 13.7. The standard InChI is InChI=1S/C16H30N2O2/c1-12(2)16(7-8-16)11-17-13-6-9-18(10-13)14(19)20-15(3,4)5/h12-13,17H,6-11H2,1-5H3. The quantitative estimate of drug-likeness (QED) is 0.862. The molecule has 1 amide bonds. The lowest BCUT2D eigenvalue weighted by Gasteiger charge is -2.25. The molecule has 0 radical (unpaired) electrons. The average molecular weight is 282 g/mol. The molecule has 2 rings (SSSR count). The molecule has 1 N–H and O–H groups in total. The second kappa shape index (κ2) is 5.55. The van der Waals surface area contributed by atoms with Crippen molar-refractivity contribution in [2.24, 2.45) is 11.3 Å². The fourth-order valence-corrected chi connectivity index (χ4v) is 2.89. The second-order valence-corrected chi connectivity index (χ2v) is 7.81. The number of likely N-dealkylation sites (tertiary alicyclic amines) is 1. The molecule has 2 aliphatic rings. The maximum absolute atomic E-state index is 12.0. The molecule has 0 spiro atoms. The van der Waals surface area contributed by atoms with Crippen molar-refractivity contribution < 1.29 is 9.53 Å². The third kappa shape index (κ3) is 3.87. The van der Waals surface area contributed by atoms with Crippen LogP contribution in [-0.2, 0) is 4.74 Å². The van der Waals surface area contributed by atoms with Gasteiger partial charge in [0.1, 0.15) is 5.60 Å². The van der Waals surface area contributed by atoms with E-state index in [9.17, 15) is 4.79 Å². The molecule has 0 aromatic heterocycles. The van der Waals surface area contributed by atoms with Crippen molar-refractivity contribution in [3.8, 4) is 0 Å². The highest BCUT2D eigenvalue weighted by Gasteiger charge is 2.45. The molecule has 4 heteroatoms. The van der Waals surface area contributed by atoms with Crippen molar-refractivity contribution in [1.29, 1.82) is 0 Å². The largest absolute Gasteiger partial charge is 0.444 e. The van der Waals surface area contributed by atoms with Crippen molar-refractivity contribution >= 4 is 6.09 Å². The maximum Gasteiger partial charge on any atom is 0.410 e. The Morgan fingerprint density at radius 1 is 1.40 bits per heavy atom. The monoisotopic (exact) mass is 282 g/mol. The topological polar surface area (TPSA) is 41.6 Å². The highest BCUT2D eigenvalue weighted by Crippen LogP contribution is 2.51. The van der Waals surface area contributed by atoms with Gasteiger partial charge in [-0.1, -0.05) is 13.8 Å². The van der Waals surface area contributed by atoms with Crippen LogP contribution in [0.15, 0.2) is 0 Å². The Morgan fingerprint density at radius 3 is 2.55 bits per heavy atom. The lowest BCUT2D eigenvalue weighted by molar-refractivity contribution is 0.0290. The van der Waals surface area contributed by atoms with E-state index in [2.05, 4.69) is 19.2 Å². The first-order valence-electron chi connectivity index (χ1n) is 7.93. The maximum atomic E-state index is 12.0. The van der Waals surface area contributed by atoms with Gasteiger partial charge in [-0.3, -0.25) is 0 Å². The van der Waals surface area contributed by atoms with Gasteiger partial charge < -0.3 is 15.0 Å². The van der Waals surface area contributed by atoms with Gasteiger partial charge in [0, 0.05) is 25.7 Å². The third-order valence-corrected chi connectivity index (χ3v) is 4.70. The van der Waals surface area contributed by atoms with Gasteiger partial charge in [0.05, 0.1) is 0 Å². The highest BCUT2D eigenvalue weighted by molar-refractivity contribution is 5.68. The van der Waals surface area contributed by atoms with Gasteiger partial charge in [-0.05, 0) is 51.4 Å².